The van der Waals surface area contributed by atoms with Crippen LogP contribution in [0.1, 0.15) is 11.3 Å². The fourth-order valence-corrected chi connectivity index (χ4v) is 3.82. The molecule has 0 amide bonds. The number of hydrogen-bond acceptors (Lipinski definition) is 8. The molecule has 1 fully saturated rings. The molecule has 0 radical (unpaired) electrons. The molecular formula is C29H29N3O5. The minimum absolute atomic E-state index is 0.141. The van der Waals surface area contributed by atoms with Crippen molar-refractivity contribution in [3.63, 3.8) is 0 Å². The normalized spacial score (nSPS) is 15.2. The Morgan fingerprint density at radius 2 is 1.57 bits per heavy atom. The fourth-order valence-electron chi connectivity index (χ4n) is 3.82. The highest BCUT2D eigenvalue weighted by molar-refractivity contribution is 5.67. The second-order valence-corrected chi connectivity index (χ2v) is 8.65. The Balaban J connectivity index is 1.36. The van der Waals surface area contributed by atoms with Gasteiger partial charge >= 0.3 is 0 Å². The highest BCUT2D eigenvalue weighted by Crippen LogP contribution is 2.27. The summed E-state index contributed by atoms with van der Waals surface area (Å²) in [6.45, 7) is 4.30. The molecule has 0 N–H and O–H groups in total. The molecule has 8 nitrogen and oxygen atoms in total. The maximum atomic E-state index is 6.03. The summed E-state index contributed by atoms with van der Waals surface area (Å²) in [5.41, 5.74) is 4.94. The third-order valence-corrected chi connectivity index (χ3v) is 5.91. The van der Waals surface area contributed by atoms with Gasteiger partial charge in [0.05, 0.1) is 33.0 Å². The van der Waals surface area contributed by atoms with Gasteiger partial charge in [-0.15, -0.1) is 0 Å². The van der Waals surface area contributed by atoms with Crippen LogP contribution in [0.4, 0.5) is 0 Å². The molecule has 1 saturated heterocycles. The lowest BCUT2D eigenvalue weighted by molar-refractivity contribution is -0.102. The Labute approximate surface area is 216 Å². The van der Waals surface area contributed by atoms with Crippen LogP contribution in [-0.4, -0.2) is 54.6 Å². The Hall–Kier alpha value is -4.01. The zero-order chi connectivity index (χ0) is 25.5. The number of hydrogen-bond donors (Lipinski definition) is 0. The van der Waals surface area contributed by atoms with Crippen molar-refractivity contribution in [3.05, 3.63) is 84.2 Å². The first-order valence-corrected chi connectivity index (χ1v) is 12.2. The van der Waals surface area contributed by atoms with Crippen LogP contribution in [0, 0.1) is 6.92 Å². The van der Waals surface area contributed by atoms with E-state index in [4.69, 9.17) is 23.7 Å². The zero-order valence-corrected chi connectivity index (χ0v) is 20.9. The van der Waals surface area contributed by atoms with Gasteiger partial charge in [-0.25, -0.2) is 0 Å². The topological polar surface area (TPSA) is 84.8 Å². The van der Waals surface area contributed by atoms with E-state index in [9.17, 15) is 0 Å². The van der Waals surface area contributed by atoms with Crippen LogP contribution >= 0.6 is 0 Å². The van der Waals surface area contributed by atoms with Crippen LogP contribution in [0.2, 0.25) is 0 Å². The molecular weight excluding hydrogens is 470 g/mol. The van der Waals surface area contributed by atoms with Gasteiger partial charge in [0.2, 0.25) is 11.8 Å². The Bertz CT molecular complexity index is 1290. The summed E-state index contributed by atoms with van der Waals surface area (Å²) >= 11 is 0. The monoisotopic (exact) mass is 499 g/mol. The number of pyridine rings is 1. The van der Waals surface area contributed by atoms with Crippen LogP contribution in [0.5, 0.6) is 17.5 Å². The van der Waals surface area contributed by atoms with E-state index < -0.39 is 0 Å². The average molecular weight is 500 g/mol. The molecule has 1 aliphatic rings. The molecule has 3 heterocycles. The Morgan fingerprint density at radius 1 is 0.838 bits per heavy atom. The summed E-state index contributed by atoms with van der Waals surface area (Å²) in [5, 5.41) is 0. The molecule has 0 saturated carbocycles. The second kappa shape index (κ2) is 11.8. The van der Waals surface area contributed by atoms with Crippen molar-refractivity contribution in [2.24, 2.45) is 0 Å². The first-order chi connectivity index (χ1) is 18.2. The number of aromatic nitrogens is 3. The second-order valence-electron chi connectivity index (χ2n) is 8.65. The summed E-state index contributed by atoms with van der Waals surface area (Å²) in [6.07, 6.45) is 1.73. The van der Waals surface area contributed by atoms with E-state index in [0.717, 1.165) is 33.7 Å². The van der Waals surface area contributed by atoms with E-state index in [1.807, 2.05) is 67.7 Å². The Morgan fingerprint density at radius 3 is 2.24 bits per heavy atom. The lowest BCUT2D eigenvalue weighted by atomic mass is 10.1. The van der Waals surface area contributed by atoms with Crippen molar-refractivity contribution < 1.29 is 23.7 Å². The van der Waals surface area contributed by atoms with Crippen LogP contribution in [0.25, 0.3) is 22.5 Å². The van der Waals surface area contributed by atoms with Crippen LogP contribution in [-0.2, 0) is 16.1 Å². The molecule has 0 bridgehead atoms. The standard InChI is InChI=1S/C29H29N3O5/c1-20-3-6-24(16-30-20)22-7-9-23(10-8-22)29-31-27(36-17-21-4-11-25(33-2)12-5-21)15-28(32-29)37-19-26-18-34-13-14-35-26/h3-12,15-16,26H,13-14,17-19H2,1-2H3. The van der Waals surface area contributed by atoms with Gasteiger partial charge in [-0.1, -0.05) is 42.5 Å². The molecule has 0 spiro atoms. The SMILES string of the molecule is COc1ccc(COc2cc(OCC3COCCO3)nc(-c3ccc(-c4ccc(C)nc4)cc3)n2)cc1. The fraction of sp³-hybridized carbons (Fsp3) is 0.276. The van der Waals surface area contributed by atoms with E-state index >= 15 is 0 Å². The smallest absolute Gasteiger partial charge is 0.221 e. The number of methoxy groups -OCH3 is 1. The summed E-state index contributed by atoms with van der Waals surface area (Å²) in [5.74, 6) is 2.14. The number of benzene rings is 2. The van der Waals surface area contributed by atoms with Gasteiger partial charge in [0.15, 0.2) is 5.82 Å². The molecule has 4 aromatic rings. The maximum absolute atomic E-state index is 6.03. The van der Waals surface area contributed by atoms with Gasteiger partial charge in [0.25, 0.3) is 0 Å². The van der Waals surface area contributed by atoms with Crippen molar-refractivity contribution in [2.75, 3.05) is 33.5 Å². The number of nitrogens with zero attached hydrogens (tertiary/aromatic N) is 3. The van der Waals surface area contributed by atoms with Gasteiger partial charge in [-0.05, 0) is 36.2 Å². The lowest BCUT2D eigenvalue weighted by Gasteiger charge is -2.22. The minimum Gasteiger partial charge on any atom is -0.497 e. The van der Waals surface area contributed by atoms with Gasteiger partial charge in [0.1, 0.15) is 25.1 Å². The van der Waals surface area contributed by atoms with Crippen LogP contribution in [0.15, 0.2) is 72.9 Å². The lowest BCUT2D eigenvalue weighted by Crippen LogP contribution is -2.33. The molecule has 2 aromatic heterocycles. The molecule has 8 heteroatoms. The average Bonchev–Trinajstić information content (AvgIpc) is 2.96. The Kier molecular flexibility index (Phi) is 7.88. The van der Waals surface area contributed by atoms with Crippen molar-refractivity contribution in [2.45, 2.75) is 19.6 Å². The van der Waals surface area contributed by atoms with E-state index in [1.54, 1.807) is 13.2 Å². The van der Waals surface area contributed by atoms with Crippen molar-refractivity contribution in [3.8, 4) is 40.0 Å². The first kappa shape index (κ1) is 24.7. The van der Waals surface area contributed by atoms with E-state index in [0.29, 0.717) is 50.6 Å². The predicted octanol–water partition coefficient (Wildman–Crippen LogP) is 4.90. The van der Waals surface area contributed by atoms with E-state index in [2.05, 4.69) is 21.0 Å². The van der Waals surface area contributed by atoms with E-state index in [-0.39, 0.29) is 6.10 Å². The van der Waals surface area contributed by atoms with Gasteiger partial charge in [-0.2, -0.15) is 9.97 Å². The highest BCUT2D eigenvalue weighted by atomic mass is 16.6. The van der Waals surface area contributed by atoms with Crippen molar-refractivity contribution in [1.29, 1.82) is 0 Å². The molecule has 190 valence electrons. The highest BCUT2D eigenvalue weighted by Gasteiger charge is 2.17. The summed E-state index contributed by atoms with van der Waals surface area (Å²) in [7, 11) is 1.64. The van der Waals surface area contributed by atoms with Gasteiger partial charge in [0, 0.05) is 23.0 Å². The third-order valence-electron chi connectivity index (χ3n) is 5.91. The van der Waals surface area contributed by atoms with Crippen LogP contribution < -0.4 is 14.2 Å². The largest absolute Gasteiger partial charge is 0.497 e. The molecule has 5 rings (SSSR count). The quantitative estimate of drug-likeness (QED) is 0.322. The summed E-state index contributed by atoms with van der Waals surface area (Å²) in [6, 6.07) is 21.5. The molecule has 37 heavy (non-hydrogen) atoms. The molecule has 0 aliphatic carbocycles. The zero-order valence-electron chi connectivity index (χ0n) is 20.9. The molecule has 1 unspecified atom stereocenters. The molecule has 2 aromatic carbocycles. The number of aryl methyl sites for hydroxylation is 1. The van der Waals surface area contributed by atoms with Crippen molar-refractivity contribution >= 4 is 0 Å². The number of ether oxygens (including phenoxy) is 5. The third kappa shape index (κ3) is 6.61. The van der Waals surface area contributed by atoms with Gasteiger partial charge in [-0.3, -0.25) is 4.98 Å². The first-order valence-electron chi connectivity index (χ1n) is 12.2. The minimum atomic E-state index is -0.141. The van der Waals surface area contributed by atoms with E-state index in [1.165, 1.54) is 0 Å². The molecule has 1 aliphatic heterocycles. The van der Waals surface area contributed by atoms with Gasteiger partial charge < -0.3 is 23.7 Å². The predicted molar refractivity (Wildman–Crippen MR) is 139 cm³/mol. The maximum Gasteiger partial charge on any atom is 0.221 e. The van der Waals surface area contributed by atoms with Crippen molar-refractivity contribution in [1.82, 2.24) is 15.0 Å². The summed E-state index contributed by atoms with van der Waals surface area (Å²) in [4.78, 5) is 13.7. The van der Waals surface area contributed by atoms with Crippen LogP contribution in [0.3, 0.4) is 0 Å². The molecule has 1 atom stereocenters. The number of rotatable bonds is 9. The summed E-state index contributed by atoms with van der Waals surface area (Å²) < 4.78 is 28.4.